The second-order valence-electron chi connectivity index (χ2n) is 5.35. The molecule has 0 atom stereocenters. The van der Waals surface area contributed by atoms with E-state index in [9.17, 15) is 4.79 Å². The average Bonchev–Trinajstić information content (AvgIpc) is 3.01. The number of halogens is 1. The van der Waals surface area contributed by atoms with E-state index in [1.165, 1.54) is 11.3 Å². The molecule has 3 heterocycles. The summed E-state index contributed by atoms with van der Waals surface area (Å²) < 4.78 is 0. The predicted molar refractivity (Wildman–Crippen MR) is 97.7 cm³/mol. The van der Waals surface area contributed by atoms with Gasteiger partial charge in [-0.3, -0.25) is 9.78 Å². The highest BCUT2D eigenvalue weighted by Gasteiger charge is 2.13. The summed E-state index contributed by atoms with van der Waals surface area (Å²) in [6.07, 6.45) is 2.23. The van der Waals surface area contributed by atoms with E-state index in [1.807, 2.05) is 47.8 Å². The maximum Gasteiger partial charge on any atom is 0.260 e. The van der Waals surface area contributed by atoms with E-state index < -0.39 is 0 Å². The molecule has 3 aromatic heterocycles. The van der Waals surface area contributed by atoms with Crippen LogP contribution in [0.25, 0.3) is 21.3 Å². The molecule has 1 N–H and O–H groups in total. The SMILES string of the molecule is O=c1[nH]c(Cc2ccccn2)nc2scc(-c3ccc(Cl)cc3)c12. The maximum atomic E-state index is 12.6. The summed E-state index contributed by atoms with van der Waals surface area (Å²) in [6, 6.07) is 13.1. The van der Waals surface area contributed by atoms with Crippen molar-refractivity contribution in [3.8, 4) is 11.1 Å². The molecule has 0 fully saturated rings. The van der Waals surface area contributed by atoms with Crippen LogP contribution in [0.15, 0.2) is 58.8 Å². The molecule has 6 heteroatoms. The van der Waals surface area contributed by atoms with Crippen LogP contribution in [0.4, 0.5) is 0 Å². The molecule has 4 rings (SSSR count). The molecular formula is C18H12ClN3OS. The summed E-state index contributed by atoms with van der Waals surface area (Å²) in [5, 5.41) is 3.25. The Morgan fingerprint density at radius 2 is 1.96 bits per heavy atom. The van der Waals surface area contributed by atoms with E-state index in [-0.39, 0.29) is 5.56 Å². The molecule has 0 bridgehead atoms. The number of nitrogens with one attached hydrogen (secondary N) is 1. The van der Waals surface area contributed by atoms with Gasteiger partial charge in [-0.05, 0) is 29.8 Å². The van der Waals surface area contributed by atoms with Crippen LogP contribution in [0.1, 0.15) is 11.5 Å². The van der Waals surface area contributed by atoms with Gasteiger partial charge in [-0.1, -0.05) is 29.8 Å². The number of thiophene rings is 1. The Balaban J connectivity index is 1.78. The van der Waals surface area contributed by atoms with E-state index in [0.717, 1.165) is 21.7 Å². The van der Waals surface area contributed by atoms with Crippen molar-refractivity contribution in [2.45, 2.75) is 6.42 Å². The fourth-order valence-electron chi connectivity index (χ4n) is 2.59. The van der Waals surface area contributed by atoms with Crippen LogP contribution < -0.4 is 5.56 Å². The van der Waals surface area contributed by atoms with Gasteiger partial charge in [0.2, 0.25) is 0 Å². The third-order valence-corrected chi connectivity index (χ3v) is 4.85. The molecule has 0 radical (unpaired) electrons. The molecule has 0 saturated carbocycles. The Bertz CT molecular complexity index is 1060. The monoisotopic (exact) mass is 353 g/mol. The first-order valence-corrected chi connectivity index (χ1v) is 8.63. The first kappa shape index (κ1) is 15.1. The number of pyridine rings is 1. The Morgan fingerprint density at radius 1 is 1.12 bits per heavy atom. The Kier molecular flexibility index (Phi) is 3.88. The number of fused-ring (bicyclic) bond motifs is 1. The number of nitrogens with zero attached hydrogens (tertiary/aromatic N) is 2. The van der Waals surface area contributed by atoms with Crippen molar-refractivity contribution in [1.29, 1.82) is 0 Å². The van der Waals surface area contributed by atoms with E-state index in [1.54, 1.807) is 6.20 Å². The van der Waals surface area contributed by atoms with Gasteiger partial charge in [0.15, 0.2) is 0 Å². The fourth-order valence-corrected chi connectivity index (χ4v) is 3.69. The number of hydrogen-bond acceptors (Lipinski definition) is 4. The van der Waals surface area contributed by atoms with Crippen LogP contribution in [-0.2, 0) is 6.42 Å². The highest BCUT2D eigenvalue weighted by Crippen LogP contribution is 2.31. The quantitative estimate of drug-likeness (QED) is 0.597. The minimum Gasteiger partial charge on any atom is -0.310 e. The van der Waals surface area contributed by atoms with E-state index >= 15 is 0 Å². The zero-order chi connectivity index (χ0) is 16.5. The summed E-state index contributed by atoms with van der Waals surface area (Å²) in [5.74, 6) is 0.621. The Hall–Kier alpha value is -2.50. The standard InChI is InChI=1S/C18H12ClN3OS/c19-12-6-4-11(5-7-12)14-10-24-18-16(14)17(23)21-15(22-18)9-13-3-1-2-8-20-13/h1-8,10H,9H2,(H,21,22,23). The minimum atomic E-state index is -0.128. The molecule has 4 aromatic rings. The molecule has 0 unspecified atom stereocenters. The molecule has 0 aliphatic carbocycles. The molecule has 0 amide bonds. The second kappa shape index (κ2) is 6.19. The predicted octanol–water partition coefficient (Wildman–Crippen LogP) is 4.29. The first-order valence-electron chi connectivity index (χ1n) is 7.37. The molecule has 0 aliphatic rings. The van der Waals surface area contributed by atoms with Gasteiger partial charge >= 0.3 is 0 Å². The number of H-pyrrole nitrogens is 1. The first-order chi connectivity index (χ1) is 11.7. The Morgan fingerprint density at radius 3 is 2.71 bits per heavy atom. The van der Waals surface area contributed by atoms with Crippen LogP contribution in [0, 0.1) is 0 Å². The topological polar surface area (TPSA) is 58.6 Å². The van der Waals surface area contributed by atoms with Gasteiger partial charge in [-0.2, -0.15) is 0 Å². The summed E-state index contributed by atoms with van der Waals surface area (Å²) >= 11 is 7.40. The van der Waals surface area contributed by atoms with Crippen molar-refractivity contribution in [3.05, 3.63) is 80.9 Å². The lowest BCUT2D eigenvalue weighted by Crippen LogP contribution is -2.12. The van der Waals surface area contributed by atoms with Crippen molar-refractivity contribution in [3.63, 3.8) is 0 Å². The van der Waals surface area contributed by atoms with Crippen LogP contribution >= 0.6 is 22.9 Å². The van der Waals surface area contributed by atoms with Crippen molar-refractivity contribution in [2.24, 2.45) is 0 Å². The van der Waals surface area contributed by atoms with Gasteiger partial charge in [-0.25, -0.2) is 4.98 Å². The molecule has 0 aliphatic heterocycles. The molecule has 4 nitrogen and oxygen atoms in total. The van der Waals surface area contributed by atoms with Gasteiger partial charge in [0.25, 0.3) is 5.56 Å². The second-order valence-corrected chi connectivity index (χ2v) is 6.64. The molecule has 0 spiro atoms. The number of hydrogen-bond donors (Lipinski definition) is 1. The van der Waals surface area contributed by atoms with Gasteiger partial charge < -0.3 is 4.98 Å². The smallest absolute Gasteiger partial charge is 0.260 e. The molecule has 1 aromatic carbocycles. The van der Waals surface area contributed by atoms with Crippen molar-refractivity contribution in [2.75, 3.05) is 0 Å². The minimum absolute atomic E-state index is 0.128. The van der Waals surface area contributed by atoms with Gasteiger partial charge in [-0.15, -0.1) is 11.3 Å². The number of rotatable bonds is 3. The van der Waals surface area contributed by atoms with Crippen LogP contribution in [0.3, 0.4) is 0 Å². The van der Waals surface area contributed by atoms with E-state index in [4.69, 9.17) is 11.6 Å². The number of aromatic amines is 1. The van der Waals surface area contributed by atoms with Crippen molar-refractivity contribution >= 4 is 33.2 Å². The largest absolute Gasteiger partial charge is 0.310 e. The lowest BCUT2D eigenvalue weighted by atomic mass is 10.1. The molecular weight excluding hydrogens is 342 g/mol. The third kappa shape index (κ3) is 2.84. The van der Waals surface area contributed by atoms with Crippen LogP contribution in [-0.4, -0.2) is 15.0 Å². The van der Waals surface area contributed by atoms with Gasteiger partial charge in [0, 0.05) is 34.3 Å². The van der Waals surface area contributed by atoms with Crippen molar-refractivity contribution in [1.82, 2.24) is 15.0 Å². The highest BCUT2D eigenvalue weighted by molar-refractivity contribution is 7.17. The highest BCUT2D eigenvalue weighted by atomic mass is 35.5. The Labute approximate surface area is 146 Å². The lowest BCUT2D eigenvalue weighted by molar-refractivity contribution is 0.943. The lowest BCUT2D eigenvalue weighted by Gasteiger charge is -2.02. The average molecular weight is 354 g/mol. The number of benzene rings is 1. The van der Waals surface area contributed by atoms with Gasteiger partial charge in [0.1, 0.15) is 10.7 Å². The summed E-state index contributed by atoms with van der Waals surface area (Å²) in [6.45, 7) is 0. The third-order valence-electron chi connectivity index (χ3n) is 3.72. The maximum absolute atomic E-state index is 12.6. The van der Waals surface area contributed by atoms with Crippen molar-refractivity contribution < 1.29 is 0 Å². The summed E-state index contributed by atoms with van der Waals surface area (Å²) in [4.78, 5) is 25.1. The molecule has 0 saturated heterocycles. The molecule has 118 valence electrons. The summed E-state index contributed by atoms with van der Waals surface area (Å²) in [5.41, 5.74) is 2.58. The van der Waals surface area contributed by atoms with Crippen LogP contribution in [0.2, 0.25) is 5.02 Å². The zero-order valence-corrected chi connectivity index (χ0v) is 14.1. The summed E-state index contributed by atoms with van der Waals surface area (Å²) in [7, 11) is 0. The van der Waals surface area contributed by atoms with Crippen LogP contribution in [0.5, 0.6) is 0 Å². The van der Waals surface area contributed by atoms with Gasteiger partial charge in [0.05, 0.1) is 5.39 Å². The fraction of sp³-hybridized carbons (Fsp3) is 0.0556. The normalized spacial score (nSPS) is 11.0. The van der Waals surface area contributed by atoms with E-state index in [0.29, 0.717) is 22.7 Å². The zero-order valence-electron chi connectivity index (χ0n) is 12.5. The van der Waals surface area contributed by atoms with E-state index in [2.05, 4.69) is 15.0 Å². The molecule has 24 heavy (non-hydrogen) atoms. The number of aromatic nitrogens is 3.